The molecule has 0 radical (unpaired) electrons. The van der Waals surface area contributed by atoms with E-state index < -0.39 is 37.3 Å². The van der Waals surface area contributed by atoms with Gasteiger partial charge in [-0.25, -0.2) is 0 Å². The summed E-state index contributed by atoms with van der Waals surface area (Å²) in [7, 11) is 0. The van der Waals surface area contributed by atoms with Crippen LogP contribution < -0.4 is 0 Å². The van der Waals surface area contributed by atoms with E-state index in [0.717, 1.165) is 18.6 Å². The third-order valence-electron chi connectivity index (χ3n) is 2.68. The molecule has 2 unspecified atom stereocenters. The second-order valence-corrected chi connectivity index (χ2v) is 4.45. The average molecular weight is 268 g/mol. The number of aliphatic hydroxyl groups excluding tert-OH is 4. The van der Waals surface area contributed by atoms with Crippen LogP contribution in [0.4, 0.5) is 0 Å². The van der Waals surface area contributed by atoms with Crippen molar-refractivity contribution in [2.24, 2.45) is 0 Å². The van der Waals surface area contributed by atoms with Crippen molar-refractivity contribution in [3.05, 3.63) is 0 Å². The first kappa shape index (κ1) is 15.2. The monoisotopic (exact) mass is 268 g/mol. The van der Waals surface area contributed by atoms with Crippen molar-refractivity contribution in [3.63, 3.8) is 0 Å². The van der Waals surface area contributed by atoms with Gasteiger partial charge in [0.15, 0.2) is 6.29 Å². The highest BCUT2D eigenvalue weighted by atomic mass is 32.1. The van der Waals surface area contributed by atoms with Gasteiger partial charge in [0.1, 0.15) is 24.4 Å². The first-order chi connectivity index (χ1) is 8.11. The quantitative estimate of drug-likeness (QED) is 0.297. The number of unbranched alkanes of at least 4 members (excludes halogenated alkanes) is 1. The van der Waals surface area contributed by atoms with E-state index in [-0.39, 0.29) is 0 Å². The summed E-state index contributed by atoms with van der Waals surface area (Å²) < 4.78 is 10.4. The van der Waals surface area contributed by atoms with Gasteiger partial charge < -0.3 is 29.9 Å². The largest absolute Gasteiger partial charge is 0.394 e. The Morgan fingerprint density at radius 2 is 1.76 bits per heavy atom. The topological polar surface area (TPSA) is 99.4 Å². The van der Waals surface area contributed by atoms with Crippen LogP contribution in [0, 0.1) is 0 Å². The summed E-state index contributed by atoms with van der Waals surface area (Å²) in [6.45, 7) is -0.0787. The summed E-state index contributed by atoms with van der Waals surface area (Å²) in [4.78, 5) is 0. The number of hydrogen-bond donors (Lipinski definition) is 5. The van der Waals surface area contributed by atoms with Gasteiger partial charge in [0.2, 0.25) is 0 Å². The second kappa shape index (κ2) is 7.52. The summed E-state index contributed by atoms with van der Waals surface area (Å²) in [5, 5.41) is 37.6. The molecule has 0 aromatic rings. The Balaban J connectivity index is 2.42. The lowest BCUT2D eigenvalue weighted by atomic mass is 9.99. The normalized spacial score (nSPS) is 38.3. The Labute approximate surface area is 106 Å². The fourth-order valence-corrected chi connectivity index (χ4v) is 1.84. The standard InChI is InChI=1S/C10H20O6S/c11-5-6-7(12)8(13)9(14)10(16-6)15-3-1-2-4-17/h6-14,17H,1-5H2/t6?,7-,8-,9?,10+/m0/s1. The fraction of sp³-hybridized carbons (Fsp3) is 1.00. The van der Waals surface area contributed by atoms with E-state index in [1.807, 2.05) is 0 Å². The predicted octanol–water partition coefficient (Wildman–Crippen LogP) is -1.49. The molecule has 6 nitrogen and oxygen atoms in total. The molecular formula is C10H20O6S. The molecule has 4 N–H and O–H groups in total. The van der Waals surface area contributed by atoms with Gasteiger partial charge in [-0.3, -0.25) is 0 Å². The molecule has 1 aliphatic heterocycles. The van der Waals surface area contributed by atoms with Crippen molar-refractivity contribution >= 4 is 12.6 Å². The zero-order valence-electron chi connectivity index (χ0n) is 9.47. The summed E-state index contributed by atoms with van der Waals surface area (Å²) in [5.41, 5.74) is 0. The van der Waals surface area contributed by atoms with E-state index in [0.29, 0.717) is 6.61 Å². The van der Waals surface area contributed by atoms with Crippen LogP contribution in [-0.4, -0.2) is 70.1 Å². The molecule has 1 rings (SSSR count). The van der Waals surface area contributed by atoms with Crippen LogP contribution in [0.15, 0.2) is 0 Å². The van der Waals surface area contributed by atoms with Crippen molar-refractivity contribution in [3.8, 4) is 0 Å². The minimum atomic E-state index is -1.38. The van der Waals surface area contributed by atoms with Crippen LogP contribution >= 0.6 is 12.6 Å². The summed E-state index contributed by atoms with van der Waals surface area (Å²) in [6, 6.07) is 0. The van der Waals surface area contributed by atoms with Crippen molar-refractivity contribution in [2.75, 3.05) is 19.0 Å². The van der Waals surface area contributed by atoms with Gasteiger partial charge in [-0.15, -0.1) is 0 Å². The highest BCUT2D eigenvalue weighted by molar-refractivity contribution is 7.80. The number of ether oxygens (including phenoxy) is 2. The lowest BCUT2D eigenvalue weighted by Gasteiger charge is -2.39. The molecule has 1 saturated heterocycles. The van der Waals surface area contributed by atoms with E-state index in [2.05, 4.69) is 12.6 Å². The first-order valence-corrected chi connectivity index (χ1v) is 6.28. The lowest BCUT2D eigenvalue weighted by Crippen LogP contribution is -2.59. The first-order valence-electron chi connectivity index (χ1n) is 5.64. The van der Waals surface area contributed by atoms with Crippen LogP contribution in [0.5, 0.6) is 0 Å². The Hall–Kier alpha value is 0.110. The highest BCUT2D eigenvalue weighted by Crippen LogP contribution is 2.22. The second-order valence-electron chi connectivity index (χ2n) is 4.00. The number of hydrogen-bond acceptors (Lipinski definition) is 7. The predicted molar refractivity (Wildman–Crippen MR) is 62.8 cm³/mol. The van der Waals surface area contributed by atoms with Gasteiger partial charge in [0.25, 0.3) is 0 Å². The number of thiol groups is 1. The SMILES string of the molecule is OCC1O[C@@H](OCCCCS)C(O)[C@@H](O)[C@H]1O. The molecule has 0 aliphatic carbocycles. The molecule has 0 amide bonds. The van der Waals surface area contributed by atoms with Gasteiger partial charge in [-0.1, -0.05) is 0 Å². The molecule has 1 fully saturated rings. The molecule has 5 atom stereocenters. The Kier molecular flexibility index (Phi) is 6.71. The molecule has 0 bridgehead atoms. The Bertz CT molecular complexity index is 215. The van der Waals surface area contributed by atoms with Crippen LogP contribution in [0.3, 0.4) is 0 Å². The molecule has 1 aliphatic rings. The van der Waals surface area contributed by atoms with Crippen molar-refractivity contribution in [1.29, 1.82) is 0 Å². The molecule has 0 aromatic heterocycles. The van der Waals surface area contributed by atoms with Gasteiger partial charge >= 0.3 is 0 Å². The van der Waals surface area contributed by atoms with Crippen LogP contribution in [-0.2, 0) is 9.47 Å². The van der Waals surface area contributed by atoms with E-state index in [4.69, 9.17) is 14.6 Å². The van der Waals surface area contributed by atoms with Crippen molar-refractivity contribution in [1.82, 2.24) is 0 Å². The van der Waals surface area contributed by atoms with Gasteiger partial charge in [0, 0.05) is 6.61 Å². The zero-order chi connectivity index (χ0) is 12.8. The molecule has 7 heteroatoms. The number of rotatable bonds is 6. The molecular weight excluding hydrogens is 248 g/mol. The molecule has 0 aromatic carbocycles. The molecule has 1 heterocycles. The fourth-order valence-electron chi connectivity index (χ4n) is 1.62. The maximum atomic E-state index is 9.62. The van der Waals surface area contributed by atoms with Crippen molar-refractivity contribution in [2.45, 2.75) is 43.5 Å². The van der Waals surface area contributed by atoms with E-state index in [1.54, 1.807) is 0 Å². The molecule has 102 valence electrons. The third-order valence-corrected chi connectivity index (χ3v) is 3.00. The highest BCUT2D eigenvalue weighted by Gasteiger charge is 2.43. The third kappa shape index (κ3) is 4.06. The van der Waals surface area contributed by atoms with Crippen LogP contribution in [0.2, 0.25) is 0 Å². The minimum Gasteiger partial charge on any atom is -0.394 e. The van der Waals surface area contributed by atoms with Gasteiger partial charge in [-0.05, 0) is 18.6 Å². The Morgan fingerprint density at radius 1 is 1.06 bits per heavy atom. The minimum absolute atomic E-state index is 0.364. The maximum Gasteiger partial charge on any atom is 0.186 e. The summed E-state index contributed by atoms with van der Waals surface area (Å²) in [6.07, 6.45) is -4.33. The van der Waals surface area contributed by atoms with Crippen LogP contribution in [0.25, 0.3) is 0 Å². The maximum absolute atomic E-state index is 9.62. The average Bonchev–Trinajstić information content (AvgIpc) is 2.34. The smallest absolute Gasteiger partial charge is 0.186 e. The summed E-state index contributed by atoms with van der Waals surface area (Å²) in [5.74, 6) is 0.748. The van der Waals surface area contributed by atoms with E-state index in [1.165, 1.54) is 0 Å². The Morgan fingerprint density at radius 3 is 2.35 bits per heavy atom. The lowest BCUT2D eigenvalue weighted by molar-refractivity contribution is -0.301. The molecule has 0 spiro atoms. The van der Waals surface area contributed by atoms with E-state index in [9.17, 15) is 15.3 Å². The van der Waals surface area contributed by atoms with Gasteiger partial charge in [0.05, 0.1) is 6.61 Å². The molecule has 0 saturated carbocycles. The van der Waals surface area contributed by atoms with Gasteiger partial charge in [-0.2, -0.15) is 12.6 Å². The zero-order valence-corrected chi connectivity index (χ0v) is 10.4. The molecule has 17 heavy (non-hydrogen) atoms. The van der Waals surface area contributed by atoms with Crippen LogP contribution in [0.1, 0.15) is 12.8 Å². The number of aliphatic hydroxyl groups is 4. The van der Waals surface area contributed by atoms with E-state index >= 15 is 0 Å². The van der Waals surface area contributed by atoms with Crippen molar-refractivity contribution < 1.29 is 29.9 Å². The summed E-state index contributed by atoms with van der Waals surface area (Å²) >= 11 is 4.05.